The minimum atomic E-state index is -0.181. The second kappa shape index (κ2) is 8.72. The van der Waals surface area contributed by atoms with Gasteiger partial charge in [0, 0.05) is 11.8 Å². The molecule has 132 valence electrons. The molecule has 0 spiro atoms. The Hall–Kier alpha value is -2.27. The SMILES string of the molecule is COc1cc(C=CC(=O)Nc2ccccc2C(C)C)cc(Br)c1OC. The summed E-state index contributed by atoms with van der Waals surface area (Å²) in [6, 6.07) is 11.5. The largest absolute Gasteiger partial charge is 0.493 e. The van der Waals surface area contributed by atoms with Crippen molar-refractivity contribution in [3.8, 4) is 11.5 Å². The number of anilines is 1. The first-order chi connectivity index (χ1) is 12.0. The summed E-state index contributed by atoms with van der Waals surface area (Å²) in [5.41, 5.74) is 2.77. The van der Waals surface area contributed by atoms with E-state index in [4.69, 9.17) is 9.47 Å². The minimum absolute atomic E-state index is 0.181. The second-order valence-corrected chi connectivity index (χ2v) is 6.66. The van der Waals surface area contributed by atoms with Gasteiger partial charge < -0.3 is 14.8 Å². The van der Waals surface area contributed by atoms with E-state index in [1.165, 1.54) is 6.08 Å². The summed E-state index contributed by atoms with van der Waals surface area (Å²) in [7, 11) is 3.16. The van der Waals surface area contributed by atoms with Gasteiger partial charge in [0.15, 0.2) is 11.5 Å². The molecule has 0 aromatic heterocycles. The molecule has 0 atom stereocenters. The number of carbonyl (C=O) groups is 1. The van der Waals surface area contributed by atoms with Crippen LogP contribution in [0, 0.1) is 0 Å². The van der Waals surface area contributed by atoms with Gasteiger partial charge in [-0.25, -0.2) is 0 Å². The zero-order valence-corrected chi connectivity index (χ0v) is 16.4. The molecule has 2 aromatic carbocycles. The average Bonchev–Trinajstić information content (AvgIpc) is 2.59. The van der Waals surface area contributed by atoms with E-state index in [0.717, 1.165) is 21.3 Å². The van der Waals surface area contributed by atoms with Crippen molar-refractivity contribution in [3.05, 3.63) is 58.1 Å². The van der Waals surface area contributed by atoms with E-state index in [1.54, 1.807) is 20.3 Å². The van der Waals surface area contributed by atoms with Crippen LogP contribution in [-0.4, -0.2) is 20.1 Å². The van der Waals surface area contributed by atoms with Gasteiger partial charge >= 0.3 is 0 Å². The van der Waals surface area contributed by atoms with Gasteiger partial charge in [-0.15, -0.1) is 0 Å². The normalized spacial score (nSPS) is 11.0. The van der Waals surface area contributed by atoms with Crippen molar-refractivity contribution < 1.29 is 14.3 Å². The number of benzene rings is 2. The lowest BCUT2D eigenvalue weighted by Gasteiger charge is -2.12. The Morgan fingerprint density at radius 1 is 1.16 bits per heavy atom. The highest BCUT2D eigenvalue weighted by Gasteiger charge is 2.10. The Morgan fingerprint density at radius 2 is 1.88 bits per heavy atom. The van der Waals surface area contributed by atoms with Crippen LogP contribution in [0.3, 0.4) is 0 Å². The summed E-state index contributed by atoms with van der Waals surface area (Å²) in [6.07, 6.45) is 3.24. The fraction of sp³-hybridized carbons (Fsp3) is 0.250. The fourth-order valence-corrected chi connectivity index (χ4v) is 3.12. The first kappa shape index (κ1) is 19.1. The molecule has 0 saturated heterocycles. The number of methoxy groups -OCH3 is 2. The van der Waals surface area contributed by atoms with Gasteiger partial charge in [0.25, 0.3) is 0 Å². The fourth-order valence-electron chi connectivity index (χ4n) is 2.49. The van der Waals surface area contributed by atoms with Crippen LogP contribution in [0.4, 0.5) is 5.69 Å². The van der Waals surface area contributed by atoms with E-state index in [9.17, 15) is 4.79 Å². The summed E-state index contributed by atoms with van der Waals surface area (Å²) in [6.45, 7) is 4.20. The topological polar surface area (TPSA) is 47.6 Å². The zero-order chi connectivity index (χ0) is 18.4. The monoisotopic (exact) mass is 403 g/mol. The van der Waals surface area contributed by atoms with Crippen molar-refractivity contribution in [2.45, 2.75) is 19.8 Å². The number of carbonyl (C=O) groups excluding carboxylic acids is 1. The van der Waals surface area contributed by atoms with Crippen molar-refractivity contribution in [1.29, 1.82) is 0 Å². The third-order valence-electron chi connectivity index (χ3n) is 3.72. The highest BCUT2D eigenvalue weighted by atomic mass is 79.9. The van der Waals surface area contributed by atoms with Gasteiger partial charge in [0.2, 0.25) is 5.91 Å². The Bertz CT molecular complexity index is 785. The van der Waals surface area contributed by atoms with Crippen LogP contribution in [0.1, 0.15) is 30.9 Å². The van der Waals surface area contributed by atoms with Crippen LogP contribution in [0.25, 0.3) is 6.08 Å². The number of ether oxygens (including phenoxy) is 2. The highest BCUT2D eigenvalue weighted by molar-refractivity contribution is 9.10. The van der Waals surface area contributed by atoms with Crippen LogP contribution in [0.5, 0.6) is 11.5 Å². The Labute approximate surface area is 157 Å². The van der Waals surface area contributed by atoms with Gasteiger partial charge in [0.1, 0.15) is 0 Å². The Balaban J connectivity index is 2.17. The van der Waals surface area contributed by atoms with E-state index in [0.29, 0.717) is 17.4 Å². The maximum Gasteiger partial charge on any atom is 0.248 e. The Morgan fingerprint density at radius 3 is 2.52 bits per heavy atom. The number of nitrogens with one attached hydrogen (secondary N) is 1. The number of halogens is 1. The number of hydrogen-bond donors (Lipinski definition) is 1. The van der Waals surface area contributed by atoms with Crippen molar-refractivity contribution in [3.63, 3.8) is 0 Å². The van der Waals surface area contributed by atoms with Crippen molar-refractivity contribution in [2.24, 2.45) is 0 Å². The molecule has 0 heterocycles. The lowest BCUT2D eigenvalue weighted by molar-refractivity contribution is -0.111. The molecule has 4 nitrogen and oxygen atoms in total. The Kier molecular flexibility index (Phi) is 6.65. The number of rotatable bonds is 6. The van der Waals surface area contributed by atoms with E-state index in [1.807, 2.05) is 36.4 Å². The lowest BCUT2D eigenvalue weighted by Crippen LogP contribution is -2.10. The molecule has 0 radical (unpaired) electrons. The molecule has 0 fully saturated rings. The van der Waals surface area contributed by atoms with Gasteiger partial charge in [-0.2, -0.15) is 0 Å². The molecule has 25 heavy (non-hydrogen) atoms. The lowest BCUT2D eigenvalue weighted by atomic mass is 10.0. The summed E-state index contributed by atoms with van der Waals surface area (Å²) in [5, 5.41) is 2.93. The number of para-hydroxylation sites is 1. The zero-order valence-electron chi connectivity index (χ0n) is 14.8. The molecule has 0 aliphatic carbocycles. The molecule has 0 saturated carbocycles. The molecule has 0 aliphatic heterocycles. The van der Waals surface area contributed by atoms with Gasteiger partial charge in [-0.3, -0.25) is 4.79 Å². The molecule has 1 amide bonds. The summed E-state index contributed by atoms with van der Waals surface area (Å²) < 4.78 is 11.4. The first-order valence-electron chi connectivity index (χ1n) is 7.95. The predicted octanol–water partition coefficient (Wildman–Crippen LogP) is 5.24. The number of hydrogen-bond acceptors (Lipinski definition) is 3. The highest BCUT2D eigenvalue weighted by Crippen LogP contribution is 2.36. The summed E-state index contributed by atoms with van der Waals surface area (Å²) >= 11 is 3.45. The van der Waals surface area contributed by atoms with E-state index >= 15 is 0 Å². The second-order valence-electron chi connectivity index (χ2n) is 5.80. The molecule has 1 N–H and O–H groups in total. The van der Waals surface area contributed by atoms with Crippen molar-refractivity contribution in [2.75, 3.05) is 19.5 Å². The average molecular weight is 404 g/mol. The van der Waals surface area contributed by atoms with Gasteiger partial charge in [0.05, 0.1) is 18.7 Å². The van der Waals surface area contributed by atoms with Crippen molar-refractivity contribution in [1.82, 2.24) is 0 Å². The van der Waals surface area contributed by atoms with Gasteiger partial charge in [-0.1, -0.05) is 32.0 Å². The molecule has 0 unspecified atom stereocenters. The van der Waals surface area contributed by atoms with Crippen LogP contribution >= 0.6 is 15.9 Å². The molecule has 0 aliphatic rings. The van der Waals surface area contributed by atoms with Crippen molar-refractivity contribution >= 4 is 33.6 Å². The first-order valence-corrected chi connectivity index (χ1v) is 8.75. The maximum atomic E-state index is 12.3. The van der Waals surface area contributed by atoms with Crippen LogP contribution in [0.15, 0.2) is 46.9 Å². The van der Waals surface area contributed by atoms with E-state index < -0.39 is 0 Å². The molecular weight excluding hydrogens is 382 g/mol. The third kappa shape index (κ3) is 4.86. The molecule has 2 rings (SSSR count). The smallest absolute Gasteiger partial charge is 0.248 e. The van der Waals surface area contributed by atoms with Crippen LogP contribution < -0.4 is 14.8 Å². The molecule has 2 aromatic rings. The molecular formula is C20H22BrNO3. The quantitative estimate of drug-likeness (QED) is 0.670. The third-order valence-corrected chi connectivity index (χ3v) is 4.31. The van der Waals surface area contributed by atoms with Gasteiger partial charge in [-0.05, 0) is 57.2 Å². The number of amides is 1. The summed E-state index contributed by atoms with van der Waals surface area (Å²) in [4.78, 5) is 12.3. The predicted molar refractivity (Wildman–Crippen MR) is 105 cm³/mol. The van der Waals surface area contributed by atoms with E-state index in [2.05, 4.69) is 35.1 Å². The van der Waals surface area contributed by atoms with Crippen LogP contribution in [0.2, 0.25) is 0 Å². The summed E-state index contributed by atoms with van der Waals surface area (Å²) in [5.74, 6) is 1.37. The maximum absolute atomic E-state index is 12.3. The molecule has 5 heteroatoms. The van der Waals surface area contributed by atoms with Crippen LogP contribution in [-0.2, 0) is 4.79 Å². The standard InChI is InChI=1S/C20H22BrNO3/c1-13(2)15-7-5-6-8-17(15)22-19(23)10-9-14-11-16(21)20(25-4)18(12-14)24-3/h5-13H,1-4H3,(H,22,23). The minimum Gasteiger partial charge on any atom is -0.493 e. The molecule has 0 bridgehead atoms. The van der Waals surface area contributed by atoms with E-state index in [-0.39, 0.29) is 5.91 Å².